The number of anilines is 1. The molecule has 1 atom stereocenters. The molecule has 1 aromatic rings. The standard InChI is InChI=1S/C14H18N2O4/c1-20-14(19)12(17)8-16-13(18)10-4-5-11-9(7-10)3-2-6-15-11/h4-5,7,12,15,17H,2-3,6,8H2,1H3,(H,16,18). The number of aliphatic hydroxyl groups excluding tert-OH is 1. The maximum Gasteiger partial charge on any atom is 0.336 e. The van der Waals surface area contributed by atoms with Gasteiger partial charge in [-0.15, -0.1) is 0 Å². The lowest BCUT2D eigenvalue weighted by atomic mass is 10.0. The normalized spacial score (nSPS) is 14.7. The smallest absolute Gasteiger partial charge is 0.336 e. The fourth-order valence-corrected chi connectivity index (χ4v) is 2.13. The van der Waals surface area contributed by atoms with Gasteiger partial charge in [0.25, 0.3) is 5.91 Å². The molecule has 1 heterocycles. The van der Waals surface area contributed by atoms with Crippen molar-refractivity contribution < 1.29 is 19.4 Å². The predicted octanol–water partition coefficient (Wildman–Crippen LogP) is 0.308. The summed E-state index contributed by atoms with van der Waals surface area (Å²) in [5.74, 6) is -1.08. The molecule has 3 N–H and O–H groups in total. The summed E-state index contributed by atoms with van der Waals surface area (Å²) in [5, 5.41) is 15.2. The molecule has 0 aliphatic carbocycles. The van der Waals surface area contributed by atoms with Crippen LogP contribution in [0.15, 0.2) is 18.2 Å². The quantitative estimate of drug-likeness (QED) is 0.690. The highest BCUT2D eigenvalue weighted by atomic mass is 16.5. The molecule has 1 aliphatic rings. The van der Waals surface area contributed by atoms with Gasteiger partial charge in [-0.05, 0) is 36.6 Å². The number of hydrogen-bond donors (Lipinski definition) is 3. The van der Waals surface area contributed by atoms with Gasteiger partial charge >= 0.3 is 5.97 Å². The number of aryl methyl sites for hydroxylation is 1. The van der Waals surface area contributed by atoms with Crippen LogP contribution >= 0.6 is 0 Å². The number of fused-ring (bicyclic) bond motifs is 1. The second-order valence-corrected chi connectivity index (χ2v) is 4.65. The predicted molar refractivity (Wildman–Crippen MR) is 73.6 cm³/mol. The third kappa shape index (κ3) is 3.27. The number of amides is 1. The molecule has 0 saturated carbocycles. The van der Waals surface area contributed by atoms with Gasteiger partial charge in [0.05, 0.1) is 13.7 Å². The van der Waals surface area contributed by atoms with Gasteiger partial charge in [0, 0.05) is 17.8 Å². The van der Waals surface area contributed by atoms with Gasteiger partial charge in [-0.25, -0.2) is 4.79 Å². The number of hydrogen-bond acceptors (Lipinski definition) is 5. The molecule has 0 spiro atoms. The zero-order chi connectivity index (χ0) is 14.5. The SMILES string of the molecule is COC(=O)C(O)CNC(=O)c1ccc2c(c1)CCCN2. The number of rotatable bonds is 4. The minimum absolute atomic E-state index is 0.166. The highest BCUT2D eigenvalue weighted by Gasteiger charge is 2.17. The second kappa shape index (κ2) is 6.38. The summed E-state index contributed by atoms with van der Waals surface area (Å²) in [6.07, 6.45) is 0.635. The number of carbonyl (C=O) groups excluding carboxylic acids is 2. The molecule has 0 fully saturated rings. The number of aliphatic hydroxyl groups is 1. The summed E-state index contributed by atoms with van der Waals surface area (Å²) >= 11 is 0. The van der Waals surface area contributed by atoms with Crippen LogP contribution in [0.25, 0.3) is 0 Å². The second-order valence-electron chi connectivity index (χ2n) is 4.65. The van der Waals surface area contributed by atoms with E-state index in [0.29, 0.717) is 5.56 Å². The molecule has 2 rings (SSSR count). The average Bonchev–Trinajstić information content (AvgIpc) is 2.50. The molecule has 6 nitrogen and oxygen atoms in total. The number of nitrogens with one attached hydrogen (secondary N) is 2. The third-order valence-electron chi connectivity index (χ3n) is 3.24. The lowest BCUT2D eigenvalue weighted by Gasteiger charge is -2.18. The van der Waals surface area contributed by atoms with Gasteiger partial charge in [0.15, 0.2) is 6.10 Å². The van der Waals surface area contributed by atoms with Crippen molar-refractivity contribution in [2.45, 2.75) is 18.9 Å². The minimum Gasteiger partial charge on any atom is -0.467 e. The molecule has 0 aromatic heterocycles. The Labute approximate surface area is 117 Å². The van der Waals surface area contributed by atoms with E-state index < -0.39 is 12.1 Å². The van der Waals surface area contributed by atoms with Crippen LogP contribution in [0.3, 0.4) is 0 Å². The molecular weight excluding hydrogens is 260 g/mol. The van der Waals surface area contributed by atoms with E-state index >= 15 is 0 Å². The van der Waals surface area contributed by atoms with Gasteiger partial charge in [-0.3, -0.25) is 4.79 Å². The highest BCUT2D eigenvalue weighted by Crippen LogP contribution is 2.22. The van der Waals surface area contributed by atoms with E-state index in [-0.39, 0.29) is 12.5 Å². The van der Waals surface area contributed by atoms with E-state index in [1.165, 1.54) is 7.11 Å². The Kier molecular flexibility index (Phi) is 4.57. The molecular formula is C14H18N2O4. The van der Waals surface area contributed by atoms with Crippen LogP contribution in [-0.4, -0.2) is 43.3 Å². The van der Waals surface area contributed by atoms with Crippen LogP contribution in [0.4, 0.5) is 5.69 Å². The summed E-state index contributed by atoms with van der Waals surface area (Å²) in [6, 6.07) is 5.43. The van der Waals surface area contributed by atoms with Gasteiger partial charge < -0.3 is 20.5 Å². The average molecular weight is 278 g/mol. The Hall–Kier alpha value is -2.08. The van der Waals surface area contributed by atoms with Gasteiger partial charge in [0.1, 0.15) is 0 Å². The van der Waals surface area contributed by atoms with E-state index in [2.05, 4.69) is 15.4 Å². The molecule has 1 aliphatic heterocycles. The van der Waals surface area contributed by atoms with Crippen molar-refractivity contribution >= 4 is 17.6 Å². The van der Waals surface area contributed by atoms with Crippen molar-refractivity contribution in [1.29, 1.82) is 0 Å². The van der Waals surface area contributed by atoms with E-state index in [4.69, 9.17) is 0 Å². The minimum atomic E-state index is -1.34. The number of carbonyl (C=O) groups is 2. The zero-order valence-electron chi connectivity index (χ0n) is 11.3. The lowest BCUT2D eigenvalue weighted by molar-refractivity contribution is -0.149. The first kappa shape index (κ1) is 14.3. The van der Waals surface area contributed by atoms with Crippen molar-refractivity contribution in [2.24, 2.45) is 0 Å². The zero-order valence-corrected chi connectivity index (χ0v) is 11.3. The van der Waals surface area contributed by atoms with E-state index in [1.54, 1.807) is 6.07 Å². The molecule has 0 saturated heterocycles. The van der Waals surface area contributed by atoms with E-state index in [9.17, 15) is 14.7 Å². The van der Waals surface area contributed by atoms with E-state index in [1.807, 2.05) is 12.1 Å². The number of ether oxygens (including phenoxy) is 1. The van der Waals surface area contributed by atoms with Gasteiger partial charge in [-0.2, -0.15) is 0 Å². The summed E-state index contributed by atoms with van der Waals surface area (Å²) < 4.78 is 4.38. The summed E-state index contributed by atoms with van der Waals surface area (Å²) in [5.41, 5.74) is 2.68. The molecule has 1 aromatic carbocycles. The molecule has 0 bridgehead atoms. The van der Waals surface area contributed by atoms with Crippen LogP contribution in [0.1, 0.15) is 22.3 Å². The summed E-state index contributed by atoms with van der Waals surface area (Å²) in [7, 11) is 1.18. The topological polar surface area (TPSA) is 87.7 Å². The van der Waals surface area contributed by atoms with Crippen molar-refractivity contribution in [3.63, 3.8) is 0 Å². The maximum absolute atomic E-state index is 12.0. The molecule has 108 valence electrons. The molecule has 0 radical (unpaired) electrons. The van der Waals surface area contributed by atoms with Crippen LogP contribution < -0.4 is 10.6 Å². The molecule has 1 unspecified atom stereocenters. The molecule has 6 heteroatoms. The first-order valence-corrected chi connectivity index (χ1v) is 6.52. The van der Waals surface area contributed by atoms with Crippen LogP contribution in [0.5, 0.6) is 0 Å². The summed E-state index contributed by atoms with van der Waals surface area (Å²) in [6.45, 7) is 0.782. The maximum atomic E-state index is 12.0. The van der Waals surface area contributed by atoms with Gasteiger partial charge in [-0.1, -0.05) is 0 Å². The van der Waals surface area contributed by atoms with Crippen molar-refractivity contribution in [3.05, 3.63) is 29.3 Å². The Morgan fingerprint density at radius 2 is 2.30 bits per heavy atom. The highest BCUT2D eigenvalue weighted by molar-refractivity contribution is 5.95. The van der Waals surface area contributed by atoms with Gasteiger partial charge in [0.2, 0.25) is 0 Å². The number of benzene rings is 1. The van der Waals surface area contributed by atoms with Crippen LogP contribution in [0, 0.1) is 0 Å². The molecule has 20 heavy (non-hydrogen) atoms. The number of esters is 1. The van der Waals surface area contributed by atoms with Crippen molar-refractivity contribution in [2.75, 3.05) is 25.5 Å². The Balaban J connectivity index is 1.97. The largest absolute Gasteiger partial charge is 0.467 e. The fourth-order valence-electron chi connectivity index (χ4n) is 2.13. The monoisotopic (exact) mass is 278 g/mol. The summed E-state index contributed by atoms with van der Waals surface area (Å²) in [4.78, 5) is 23.0. The van der Waals surface area contributed by atoms with E-state index in [0.717, 1.165) is 30.6 Å². The fraction of sp³-hybridized carbons (Fsp3) is 0.429. The lowest BCUT2D eigenvalue weighted by Crippen LogP contribution is -2.37. The Morgan fingerprint density at radius 1 is 1.50 bits per heavy atom. The number of methoxy groups -OCH3 is 1. The van der Waals surface area contributed by atoms with Crippen LogP contribution in [-0.2, 0) is 16.0 Å². The first-order valence-electron chi connectivity index (χ1n) is 6.52. The van der Waals surface area contributed by atoms with Crippen molar-refractivity contribution in [1.82, 2.24) is 5.32 Å². The molecule has 1 amide bonds. The van der Waals surface area contributed by atoms with Crippen molar-refractivity contribution in [3.8, 4) is 0 Å². The first-order chi connectivity index (χ1) is 9.61. The third-order valence-corrected chi connectivity index (χ3v) is 3.24. The van der Waals surface area contributed by atoms with Crippen LogP contribution in [0.2, 0.25) is 0 Å². The Bertz CT molecular complexity index is 516. The Morgan fingerprint density at radius 3 is 3.05 bits per heavy atom.